The van der Waals surface area contributed by atoms with E-state index in [2.05, 4.69) is 41.5 Å². The van der Waals surface area contributed by atoms with Gasteiger partial charge in [-0.05, 0) is 37.0 Å². The summed E-state index contributed by atoms with van der Waals surface area (Å²) in [5, 5.41) is 0. The molecular formula is C48H92O6. The Hall–Kier alpha value is -1.59. The molecule has 0 amide bonds. The van der Waals surface area contributed by atoms with Crippen molar-refractivity contribution in [1.29, 1.82) is 0 Å². The molecule has 0 spiro atoms. The first kappa shape index (κ1) is 52.4. The average Bonchev–Trinajstić information content (AvgIpc) is 3.14. The number of unbranched alkanes of at least 4 members (excludes halogenated alkanes) is 23. The molecule has 0 saturated heterocycles. The maximum absolute atomic E-state index is 12.7. The van der Waals surface area contributed by atoms with E-state index in [9.17, 15) is 14.4 Å². The summed E-state index contributed by atoms with van der Waals surface area (Å²) in [6.45, 7) is 13.7. The molecule has 0 aromatic rings. The van der Waals surface area contributed by atoms with Crippen molar-refractivity contribution in [2.45, 2.75) is 260 Å². The Balaban J connectivity index is 4.35. The Morgan fingerprint density at radius 3 is 0.963 bits per heavy atom. The first-order valence-corrected chi connectivity index (χ1v) is 23.6. The Morgan fingerprint density at radius 1 is 0.370 bits per heavy atom. The Kier molecular flexibility index (Phi) is 38.5. The average molecular weight is 765 g/mol. The van der Waals surface area contributed by atoms with Crippen LogP contribution in [0.25, 0.3) is 0 Å². The molecule has 0 aromatic carbocycles. The largest absolute Gasteiger partial charge is 0.462 e. The van der Waals surface area contributed by atoms with Crippen LogP contribution in [0.3, 0.4) is 0 Å². The molecule has 6 heteroatoms. The maximum atomic E-state index is 12.7. The molecule has 0 aromatic heterocycles. The van der Waals surface area contributed by atoms with Crippen LogP contribution in [-0.4, -0.2) is 37.2 Å². The van der Waals surface area contributed by atoms with Crippen molar-refractivity contribution in [3.05, 3.63) is 0 Å². The van der Waals surface area contributed by atoms with Gasteiger partial charge in [-0.1, -0.05) is 215 Å². The summed E-state index contributed by atoms with van der Waals surface area (Å²) in [7, 11) is 0. The minimum atomic E-state index is -0.762. The van der Waals surface area contributed by atoms with Crippen LogP contribution in [-0.2, 0) is 28.6 Å². The standard InChI is InChI=1S/C48H92O6/c1-7-44(6)36-30-24-18-13-15-20-26-32-38-47(50)53-41-45(54-48(51)39-33-27-21-14-12-17-23-29-35-43(4)5)40-52-46(49)37-31-25-19-11-9-8-10-16-22-28-34-42(2)3/h42-45H,7-41H2,1-6H3/t44?,45-/m0/s1. The highest BCUT2D eigenvalue weighted by Gasteiger charge is 2.19. The summed E-state index contributed by atoms with van der Waals surface area (Å²) in [6, 6.07) is 0. The molecule has 0 radical (unpaired) electrons. The molecule has 0 heterocycles. The van der Waals surface area contributed by atoms with E-state index < -0.39 is 6.10 Å². The number of rotatable bonds is 41. The zero-order valence-corrected chi connectivity index (χ0v) is 37.0. The number of carbonyl (C=O) groups is 3. The van der Waals surface area contributed by atoms with Crippen molar-refractivity contribution in [2.75, 3.05) is 13.2 Å². The van der Waals surface area contributed by atoms with Crippen LogP contribution in [0.2, 0.25) is 0 Å². The molecule has 0 aliphatic heterocycles. The molecular weight excluding hydrogens is 673 g/mol. The number of esters is 3. The van der Waals surface area contributed by atoms with Gasteiger partial charge < -0.3 is 14.2 Å². The summed E-state index contributed by atoms with van der Waals surface area (Å²) >= 11 is 0. The minimum Gasteiger partial charge on any atom is -0.462 e. The van der Waals surface area contributed by atoms with Gasteiger partial charge in [0.2, 0.25) is 0 Å². The van der Waals surface area contributed by atoms with Gasteiger partial charge in [-0.25, -0.2) is 0 Å². The van der Waals surface area contributed by atoms with Crippen LogP contribution in [0.1, 0.15) is 253 Å². The van der Waals surface area contributed by atoms with E-state index in [1.165, 1.54) is 135 Å². The van der Waals surface area contributed by atoms with Gasteiger partial charge in [0.15, 0.2) is 6.10 Å². The van der Waals surface area contributed by atoms with E-state index in [1.807, 2.05) is 0 Å². The second-order valence-electron chi connectivity index (χ2n) is 17.6. The third-order valence-corrected chi connectivity index (χ3v) is 11.0. The molecule has 0 saturated carbocycles. The van der Waals surface area contributed by atoms with E-state index >= 15 is 0 Å². The van der Waals surface area contributed by atoms with Crippen LogP contribution in [0, 0.1) is 17.8 Å². The quantitative estimate of drug-likeness (QED) is 0.0350. The second-order valence-corrected chi connectivity index (χ2v) is 17.6. The molecule has 0 aliphatic carbocycles. The summed E-state index contributed by atoms with van der Waals surface area (Å²) in [6.07, 6.45) is 36.6. The third kappa shape index (κ3) is 40.1. The van der Waals surface area contributed by atoms with Crippen LogP contribution < -0.4 is 0 Å². The van der Waals surface area contributed by atoms with Crippen molar-refractivity contribution in [3.8, 4) is 0 Å². The molecule has 0 N–H and O–H groups in total. The molecule has 0 bridgehead atoms. The summed E-state index contributed by atoms with van der Waals surface area (Å²) in [4.78, 5) is 37.8. The lowest BCUT2D eigenvalue weighted by molar-refractivity contribution is -0.167. The van der Waals surface area contributed by atoms with Gasteiger partial charge in [0.1, 0.15) is 13.2 Å². The predicted octanol–water partition coefficient (Wildman–Crippen LogP) is 14.8. The normalized spacial score (nSPS) is 12.7. The molecule has 54 heavy (non-hydrogen) atoms. The summed E-state index contributed by atoms with van der Waals surface area (Å²) in [5.41, 5.74) is 0. The molecule has 0 aliphatic rings. The zero-order valence-electron chi connectivity index (χ0n) is 37.0. The van der Waals surface area contributed by atoms with Gasteiger partial charge in [-0.2, -0.15) is 0 Å². The number of carbonyl (C=O) groups excluding carboxylic acids is 3. The number of ether oxygens (including phenoxy) is 3. The van der Waals surface area contributed by atoms with Crippen LogP contribution in [0.15, 0.2) is 0 Å². The van der Waals surface area contributed by atoms with Gasteiger partial charge in [-0.3, -0.25) is 14.4 Å². The van der Waals surface area contributed by atoms with Crippen molar-refractivity contribution in [2.24, 2.45) is 17.8 Å². The monoisotopic (exact) mass is 765 g/mol. The molecule has 2 atom stereocenters. The lowest BCUT2D eigenvalue weighted by atomic mass is 9.99. The van der Waals surface area contributed by atoms with E-state index in [-0.39, 0.29) is 31.1 Å². The van der Waals surface area contributed by atoms with Gasteiger partial charge in [0.25, 0.3) is 0 Å². The minimum absolute atomic E-state index is 0.0663. The SMILES string of the molecule is CCC(C)CCCCCCCCCCC(=O)OC[C@H](COC(=O)CCCCCCCCCCCCC(C)C)OC(=O)CCCCCCCCCCC(C)C. The van der Waals surface area contributed by atoms with E-state index in [0.717, 1.165) is 75.5 Å². The van der Waals surface area contributed by atoms with Crippen LogP contribution in [0.4, 0.5) is 0 Å². The van der Waals surface area contributed by atoms with Crippen LogP contribution >= 0.6 is 0 Å². The summed E-state index contributed by atoms with van der Waals surface area (Å²) < 4.78 is 16.7. The fourth-order valence-corrected chi connectivity index (χ4v) is 7.02. The van der Waals surface area contributed by atoms with Crippen molar-refractivity contribution in [3.63, 3.8) is 0 Å². The van der Waals surface area contributed by atoms with Crippen molar-refractivity contribution in [1.82, 2.24) is 0 Å². The fraction of sp³-hybridized carbons (Fsp3) is 0.938. The van der Waals surface area contributed by atoms with Gasteiger partial charge in [0, 0.05) is 19.3 Å². The smallest absolute Gasteiger partial charge is 0.306 e. The highest BCUT2D eigenvalue weighted by atomic mass is 16.6. The summed E-state index contributed by atoms with van der Waals surface area (Å²) in [5.74, 6) is 1.60. The second kappa shape index (κ2) is 39.6. The van der Waals surface area contributed by atoms with Crippen molar-refractivity contribution < 1.29 is 28.6 Å². The maximum Gasteiger partial charge on any atom is 0.306 e. The van der Waals surface area contributed by atoms with E-state index in [4.69, 9.17) is 14.2 Å². The lowest BCUT2D eigenvalue weighted by Crippen LogP contribution is -2.30. The Morgan fingerprint density at radius 2 is 0.648 bits per heavy atom. The molecule has 0 rings (SSSR count). The number of hydrogen-bond donors (Lipinski definition) is 0. The van der Waals surface area contributed by atoms with Gasteiger partial charge in [0.05, 0.1) is 0 Å². The van der Waals surface area contributed by atoms with E-state index in [0.29, 0.717) is 19.3 Å². The van der Waals surface area contributed by atoms with Crippen LogP contribution in [0.5, 0.6) is 0 Å². The highest BCUT2D eigenvalue weighted by molar-refractivity contribution is 5.71. The zero-order chi connectivity index (χ0) is 39.9. The highest BCUT2D eigenvalue weighted by Crippen LogP contribution is 2.17. The molecule has 0 fully saturated rings. The molecule has 1 unspecified atom stereocenters. The molecule has 320 valence electrons. The van der Waals surface area contributed by atoms with Gasteiger partial charge >= 0.3 is 17.9 Å². The fourth-order valence-electron chi connectivity index (χ4n) is 7.02. The predicted molar refractivity (Wildman–Crippen MR) is 229 cm³/mol. The Bertz CT molecular complexity index is 839. The first-order chi connectivity index (χ1) is 26.1. The Labute approximate surface area is 336 Å². The number of hydrogen-bond acceptors (Lipinski definition) is 6. The lowest BCUT2D eigenvalue weighted by Gasteiger charge is -2.18. The van der Waals surface area contributed by atoms with Crippen molar-refractivity contribution >= 4 is 17.9 Å². The molecule has 6 nitrogen and oxygen atoms in total. The van der Waals surface area contributed by atoms with Gasteiger partial charge in [-0.15, -0.1) is 0 Å². The third-order valence-electron chi connectivity index (χ3n) is 11.0. The van der Waals surface area contributed by atoms with E-state index in [1.54, 1.807) is 0 Å². The first-order valence-electron chi connectivity index (χ1n) is 23.6. The topological polar surface area (TPSA) is 78.9 Å².